The molecule has 0 bridgehead atoms. The second kappa shape index (κ2) is 8.11. The van der Waals surface area contributed by atoms with E-state index in [1.165, 1.54) is 4.90 Å². The number of anilines is 1. The van der Waals surface area contributed by atoms with E-state index in [2.05, 4.69) is 20.1 Å². The number of nitrogens with one attached hydrogen (secondary N) is 1. The van der Waals surface area contributed by atoms with Gasteiger partial charge in [0, 0.05) is 43.9 Å². The number of piperazine rings is 1. The van der Waals surface area contributed by atoms with Gasteiger partial charge in [-0.3, -0.25) is 19.8 Å². The number of fused-ring (bicyclic) bond motifs is 1. The van der Waals surface area contributed by atoms with Crippen LogP contribution in [-0.2, 0) is 9.59 Å². The summed E-state index contributed by atoms with van der Waals surface area (Å²) in [6.07, 6.45) is -0.659. The van der Waals surface area contributed by atoms with Crippen molar-refractivity contribution in [2.75, 3.05) is 51.2 Å². The number of halogens is 1. The maximum atomic E-state index is 12.4. The molecule has 3 heterocycles. The number of hydrogen-bond acceptors (Lipinski definition) is 7. The van der Waals surface area contributed by atoms with E-state index in [4.69, 9.17) is 17.3 Å². The van der Waals surface area contributed by atoms with E-state index in [9.17, 15) is 14.4 Å². The number of imide groups is 1. The number of amidine groups is 1. The highest BCUT2D eigenvalue weighted by Gasteiger charge is 2.48. The number of nitrogens with two attached hydrogens (primary N) is 1. The number of urea groups is 1. The fourth-order valence-electron chi connectivity index (χ4n) is 4.11. The number of likely N-dealkylation sites (N-methyl/N-ethyl adjacent to an activating group) is 1. The van der Waals surface area contributed by atoms with E-state index in [1.807, 2.05) is 24.3 Å². The molecule has 160 valence electrons. The van der Waals surface area contributed by atoms with Crippen molar-refractivity contribution in [1.29, 1.82) is 0 Å². The number of carbonyl (C=O) groups excluding carboxylic acids is 3. The molecule has 3 N–H and O–H groups in total. The molecular weight excluding hydrogens is 410 g/mol. The summed E-state index contributed by atoms with van der Waals surface area (Å²) in [6, 6.07) is 6.52. The summed E-state index contributed by atoms with van der Waals surface area (Å²) < 4.78 is 0. The van der Waals surface area contributed by atoms with Gasteiger partial charge in [0.2, 0.25) is 5.91 Å². The van der Waals surface area contributed by atoms with Crippen LogP contribution in [0.15, 0.2) is 29.3 Å². The minimum absolute atomic E-state index is 0.127. The average Bonchev–Trinajstić information content (AvgIpc) is 3.05. The minimum atomic E-state index is -0.747. The van der Waals surface area contributed by atoms with Gasteiger partial charge in [0.25, 0.3) is 5.91 Å². The highest BCUT2D eigenvalue weighted by Crippen LogP contribution is 2.25. The van der Waals surface area contributed by atoms with Gasteiger partial charge in [0.1, 0.15) is 5.84 Å². The predicted octanol–water partition coefficient (Wildman–Crippen LogP) is -0.462. The average molecular weight is 434 g/mol. The maximum Gasteiger partial charge on any atom is 0.325 e. The molecule has 1 aromatic carbocycles. The van der Waals surface area contributed by atoms with Crippen LogP contribution < -0.4 is 16.0 Å². The standard InChI is InChI=1S/C19H24ClN7O3/c1-24-17-16(18(29)23-19(24)30)27(10-14(21)28)15(22-17)11-25-5-7-26(8-6-25)13-4-2-3-12(20)9-13/h2-4,9,16-17H,5-8,10-11H2,1H3,(H2,21,28)(H,23,29,30). The molecule has 2 fully saturated rings. The van der Waals surface area contributed by atoms with Crippen LogP contribution in [0.4, 0.5) is 10.5 Å². The van der Waals surface area contributed by atoms with E-state index in [1.54, 1.807) is 11.9 Å². The summed E-state index contributed by atoms with van der Waals surface area (Å²) >= 11 is 6.10. The molecule has 30 heavy (non-hydrogen) atoms. The molecule has 0 aliphatic carbocycles. The van der Waals surface area contributed by atoms with Crippen LogP contribution in [0.2, 0.25) is 5.02 Å². The minimum Gasteiger partial charge on any atom is -0.369 e. The zero-order chi connectivity index (χ0) is 21.4. The van der Waals surface area contributed by atoms with Crippen LogP contribution in [0.5, 0.6) is 0 Å². The van der Waals surface area contributed by atoms with Gasteiger partial charge in [0.15, 0.2) is 12.2 Å². The van der Waals surface area contributed by atoms with Crippen LogP contribution in [0.3, 0.4) is 0 Å². The van der Waals surface area contributed by atoms with Crippen LogP contribution >= 0.6 is 11.6 Å². The normalized spacial score (nSPS) is 24.6. The Morgan fingerprint density at radius 2 is 2.00 bits per heavy atom. The first-order valence-electron chi connectivity index (χ1n) is 9.75. The second-order valence-corrected chi connectivity index (χ2v) is 8.08. The summed E-state index contributed by atoms with van der Waals surface area (Å²) in [7, 11) is 1.58. The largest absolute Gasteiger partial charge is 0.369 e. The third-order valence-electron chi connectivity index (χ3n) is 5.68. The number of nitrogens with zero attached hydrogens (tertiary/aromatic N) is 5. The van der Waals surface area contributed by atoms with E-state index < -0.39 is 30.1 Å². The molecule has 1 aromatic rings. The van der Waals surface area contributed by atoms with Gasteiger partial charge in [-0.1, -0.05) is 17.7 Å². The van der Waals surface area contributed by atoms with Crippen molar-refractivity contribution < 1.29 is 14.4 Å². The molecule has 0 aromatic heterocycles. The summed E-state index contributed by atoms with van der Waals surface area (Å²) in [5.41, 5.74) is 6.49. The van der Waals surface area contributed by atoms with Crippen molar-refractivity contribution >= 4 is 41.0 Å². The number of primary amides is 1. The number of amides is 4. The number of benzene rings is 1. The highest BCUT2D eigenvalue weighted by atomic mass is 35.5. The van der Waals surface area contributed by atoms with Crippen LogP contribution in [0.25, 0.3) is 0 Å². The Labute approximate surface area is 179 Å². The number of hydrogen-bond donors (Lipinski definition) is 2. The van der Waals surface area contributed by atoms with E-state index >= 15 is 0 Å². The van der Waals surface area contributed by atoms with Gasteiger partial charge in [-0.25, -0.2) is 9.79 Å². The first-order chi connectivity index (χ1) is 14.3. The maximum absolute atomic E-state index is 12.4. The van der Waals surface area contributed by atoms with Gasteiger partial charge in [0.05, 0.1) is 13.1 Å². The molecule has 3 aliphatic rings. The molecule has 4 rings (SSSR count). The zero-order valence-electron chi connectivity index (χ0n) is 16.6. The molecular formula is C19H24ClN7O3. The summed E-state index contributed by atoms with van der Waals surface area (Å²) in [6.45, 7) is 3.54. The summed E-state index contributed by atoms with van der Waals surface area (Å²) in [5.74, 6) is -0.424. The molecule has 10 nitrogen and oxygen atoms in total. The van der Waals surface area contributed by atoms with Gasteiger partial charge in [-0.05, 0) is 18.2 Å². The van der Waals surface area contributed by atoms with Crippen molar-refractivity contribution in [2.24, 2.45) is 10.7 Å². The monoisotopic (exact) mass is 433 g/mol. The van der Waals surface area contributed by atoms with E-state index in [-0.39, 0.29) is 6.54 Å². The molecule has 0 spiro atoms. The molecule has 3 aliphatic heterocycles. The van der Waals surface area contributed by atoms with Crippen molar-refractivity contribution in [3.05, 3.63) is 29.3 Å². The van der Waals surface area contributed by atoms with Crippen molar-refractivity contribution in [3.8, 4) is 0 Å². The van der Waals surface area contributed by atoms with Gasteiger partial charge < -0.3 is 20.4 Å². The summed E-state index contributed by atoms with van der Waals surface area (Å²) in [4.78, 5) is 48.1. The third kappa shape index (κ3) is 3.92. The molecule has 0 radical (unpaired) electrons. The Kier molecular flexibility index (Phi) is 5.52. The fourth-order valence-corrected chi connectivity index (χ4v) is 4.29. The molecule has 2 atom stereocenters. The predicted molar refractivity (Wildman–Crippen MR) is 112 cm³/mol. The SMILES string of the molecule is CN1C(=O)NC(=O)C2C1N=C(CN1CCN(c3cccc(Cl)c3)CC1)N2CC(N)=O. The lowest BCUT2D eigenvalue weighted by Gasteiger charge is -2.38. The van der Waals surface area contributed by atoms with Crippen LogP contribution in [0.1, 0.15) is 0 Å². The Hall–Kier alpha value is -2.85. The number of carbonyl (C=O) groups is 3. The lowest BCUT2D eigenvalue weighted by Crippen LogP contribution is -2.64. The number of rotatable bonds is 5. The molecule has 0 saturated carbocycles. The first-order valence-corrected chi connectivity index (χ1v) is 10.1. The lowest BCUT2D eigenvalue weighted by molar-refractivity contribution is -0.128. The Balaban J connectivity index is 1.45. The molecule has 11 heteroatoms. The number of aliphatic imine (C=N–C) groups is 1. The van der Waals surface area contributed by atoms with Crippen molar-refractivity contribution in [3.63, 3.8) is 0 Å². The Bertz CT molecular complexity index is 900. The molecule has 4 amide bonds. The molecule has 2 saturated heterocycles. The lowest BCUT2D eigenvalue weighted by atomic mass is 10.1. The van der Waals surface area contributed by atoms with Gasteiger partial charge >= 0.3 is 6.03 Å². The highest BCUT2D eigenvalue weighted by molar-refractivity contribution is 6.30. The third-order valence-corrected chi connectivity index (χ3v) is 5.92. The van der Waals surface area contributed by atoms with Crippen molar-refractivity contribution in [1.82, 2.24) is 20.0 Å². The van der Waals surface area contributed by atoms with Crippen molar-refractivity contribution in [2.45, 2.75) is 12.2 Å². The summed E-state index contributed by atoms with van der Waals surface area (Å²) in [5, 5.41) is 3.01. The Morgan fingerprint density at radius 3 is 2.67 bits per heavy atom. The van der Waals surface area contributed by atoms with Crippen LogP contribution in [-0.4, -0.2) is 96.9 Å². The van der Waals surface area contributed by atoms with E-state index in [0.29, 0.717) is 17.4 Å². The molecule has 2 unspecified atom stereocenters. The van der Waals surface area contributed by atoms with Gasteiger partial charge in [-0.15, -0.1) is 0 Å². The Morgan fingerprint density at radius 1 is 1.27 bits per heavy atom. The van der Waals surface area contributed by atoms with Gasteiger partial charge in [-0.2, -0.15) is 0 Å². The van der Waals surface area contributed by atoms with Crippen LogP contribution in [0, 0.1) is 0 Å². The smallest absolute Gasteiger partial charge is 0.325 e. The second-order valence-electron chi connectivity index (χ2n) is 7.65. The van der Waals surface area contributed by atoms with E-state index in [0.717, 1.165) is 31.9 Å². The topological polar surface area (TPSA) is 115 Å². The zero-order valence-corrected chi connectivity index (χ0v) is 17.4. The first kappa shape index (κ1) is 20.4. The fraction of sp³-hybridized carbons (Fsp3) is 0.474. The quantitative estimate of drug-likeness (QED) is 0.649.